The number of carbonyl (C=O) groups excluding carboxylic acids is 1. The first kappa shape index (κ1) is 21.9. The van der Waals surface area contributed by atoms with Crippen molar-refractivity contribution in [3.05, 3.63) is 94.7 Å². The van der Waals surface area contributed by atoms with Gasteiger partial charge in [-0.05, 0) is 36.4 Å². The summed E-state index contributed by atoms with van der Waals surface area (Å²) >= 11 is 0. The number of nitro groups is 1. The van der Waals surface area contributed by atoms with Crippen molar-refractivity contribution in [1.82, 2.24) is 14.9 Å². The minimum atomic E-state index is -0.463. The van der Waals surface area contributed by atoms with Crippen LogP contribution >= 0.6 is 0 Å². The normalized spacial score (nSPS) is 14.4. The Balaban J connectivity index is 1.15. The molecular weight excluding hydrogens is 460 g/mol. The highest BCUT2D eigenvalue weighted by Crippen LogP contribution is 2.34. The molecule has 5 aromatic rings. The number of aromatic nitrogens is 1. The summed E-state index contributed by atoms with van der Waals surface area (Å²) < 4.78 is 5.73. The maximum atomic E-state index is 13.0. The summed E-state index contributed by atoms with van der Waals surface area (Å²) in [5.41, 5.74) is 2.33. The second-order valence-corrected chi connectivity index (χ2v) is 8.60. The third-order valence-electron chi connectivity index (χ3n) is 6.43. The minimum absolute atomic E-state index is 0.0677. The molecular formula is C27H22N4O5. The average Bonchev–Trinajstić information content (AvgIpc) is 3.54. The molecule has 0 aliphatic carbocycles. The third kappa shape index (κ3) is 3.85. The van der Waals surface area contributed by atoms with Crippen molar-refractivity contribution in [1.29, 1.82) is 0 Å². The predicted octanol–water partition coefficient (Wildman–Crippen LogP) is 5.24. The number of H-pyrrole nitrogens is 1. The van der Waals surface area contributed by atoms with Crippen molar-refractivity contribution in [3.8, 4) is 17.1 Å². The first-order valence-electron chi connectivity index (χ1n) is 11.6. The molecule has 3 aromatic carbocycles. The van der Waals surface area contributed by atoms with Crippen LogP contribution in [-0.4, -0.2) is 52.0 Å². The Kier molecular flexibility index (Phi) is 5.38. The standard InChI is InChI=1S/C27H22N4O5/c32-27(25-13-12-23(35-25)19-7-2-4-10-22(19)31(33)34)29-14-16-30(17-15-29)36-24-11-5-9-21-26(24)18-6-1-3-8-20(18)28-21/h1-13,28H,14-17H2. The number of para-hydroxylation sites is 2. The number of amides is 1. The van der Waals surface area contributed by atoms with Crippen molar-refractivity contribution < 1.29 is 19.0 Å². The van der Waals surface area contributed by atoms with Crippen LogP contribution < -0.4 is 4.84 Å². The molecule has 180 valence electrons. The minimum Gasteiger partial charge on any atom is -0.451 e. The second-order valence-electron chi connectivity index (χ2n) is 8.60. The summed E-state index contributed by atoms with van der Waals surface area (Å²) in [5.74, 6) is 0.962. The number of piperazine rings is 1. The van der Waals surface area contributed by atoms with Gasteiger partial charge in [0.15, 0.2) is 11.5 Å². The Bertz CT molecular complexity index is 1600. The van der Waals surface area contributed by atoms with Gasteiger partial charge in [-0.15, -0.1) is 5.06 Å². The second kappa shape index (κ2) is 8.86. The van der Waals surface area contributed by atoms with E-state index in [1.54, 1.807) is 35.2 Å². The van der Waals surface area contributed by atoms with Crippen LogP contribution in [0.4, 0.5) is 5.69 Å². The van der Waals surface area contributed by atoms with Gasteiger partial charge in [0.1, 0.15) is 5.76 Å². The number of hydroxylamine groups is 2. The fraction of sp³-hybridized carbons (Fsp3) is 0.148. The molecule has 36 heavy (non-hydrogen) atoms. The monoisotopic (exact) mass is 482 g/mol. The molecule has 3 heterocycles. The quantitative estimate of drug-likeness (QED) is 0.271. The molecule has 9 heteroatoms. The highest BCUT2D eigenvalue weighted by Gasteiger charge is 2.27. The Morgan fingerprint density at radius 1 is 0.889 bits per heavy atom. The molecule has 0 atom stereocenters. The number of hydrogen-bond acceptors (Lipinski definition) is 6. The number of fused-ring (bicyclic) bond motifs is 3. The molecule has 1 N–H and O–H groups in total. The molecule has 1 fully saturated rings. The number of nitro benzene ring substituents is 1. The highest BCUT2D eigenvalue weighted by atomic mass is 16.7. The predicted molar refractivity (Wildman–Crippen MR) is 135 cm³/mol. The lowest BCUT2D eigenvalue weighted by molar-refractivity contribution is -0.384. The summed E-state index contributed by atoms with van der Waals surface area (Å²) in [7, 11) is 0. The van der Waals surface area contributed by atoms with Crippen LogP contribution in [0.3, 0.4) is 0 Å². The van der Waals surface area contributed by atoms with Crippen molar-refractivity contribution in [2.75, 3.05) is 26.2 Å². The van der Waals surface area contributed by atoms with Gasteiger partial charge in [0.2, 0.25) is 0 Å². The van der Waals surface area contributed by atoms with Crippen LogP contribution in [0.2, 0.25) is 0 Å². The zero-order chi connectivity index (χ0) is 24.6. The molecule has 1 aliphatic heterocycles. The lowest BCUT2D eigenvalue weighted by Gasteiger charge is -2.33. The summed E-state index contributed by atoms with van der Waals surface area (Å²) in [6.07, 6.45) is 0. The molecule has 6 rings (SSSR count). The lowest BCUT2D eigenvalue weighted by atomic mass is 10.1. The summed E-state index contributed by atoms with van der Waals surface area (Å²) in [4.78, 5) is 35.3. The van der Waals surface area contributed by atoms with Gasteiger partial charge < -0.3 is 19.1 Å². The lowest BCUT2D eigenvalue weighted by Crippen LogP contribution is -2.49. The SMILES string of the molecule is O=C(c1ccc(-c2ccccc2[N+](=O)[O-])o1)N1CCN(Oc2cccc3[nH]c4ccccc4c23)CC1. The Morgan fingerprint density at radius 2 is 1.64 bits per heavy atom. The maximum Gasteiger partial charge on any atom is 0.289 e. The Labute approximate surface area is 205 Å². The number of nitrogens with zero attached hydrogens (tertiary/aromatic N) is 3. The molecule has 0 saturated carbocycles. The molecule has 0 bridgehead atoms. The van der Waals surface area contributed by atoms with Crippen molar-refractivity contribution >= 4 is 33.4 Å². The topological polar surface area (TPSA) is 105 Å². The fourth-order valence-electron chi connectivity index (χ4n) is 4.66. The van der Waals surface area contributed by atoms with E-state index >= 15 is 0 Å². The molecule has 0 spiro atoms. The molecule has 1 aliphatic rings. The van der Waals surface area contributed by atoms with Crippen LogP contribution in [0.5, 0.6) is 5.75 Å². The van der Waals surface area contributed by atoms with Gasteiger partial charge in [0.05, 0.1) is 34.5 Å². The van der Waals surface area contributed by atoms with Crippen molar-refractivity contribution in [3.63, 3.8) is 0 Å². The largest absolute Gasteiger partial charge is 0.451 e. The molecule has 1 saturated heterocycles. The van der Waals surface area contributed by atoms with Crippen LogP contribution in [-0.2, 0) is 0 Å². The first-order chi connectivity index (χ1) is 17.6. The van der Waals surface area contributed by atoms with Crippen LogP contribution in [0.15, 0.2) is 83.3 Å². The van der Waals surface area contributed by atoms with Gasteiger partial charge in [0, 0.05) is 30.1 Å². The van der Waals surface area contributed by atoms with E-state index in [2.05, 4.69) is 11.1 Å². The van der Waals surface area contributed by atoms with Gasteiger partial charge in [-0.1, -0.05) is 36.4 Å². The molecule has 0 unspecified atom stereocenters. The van der Waals surface area contributed by atoms with Gasteiger partial charge in [0.25, 0.3) is 11.6 Å². The van der Waals surface area contributed by atoms with E-state index in [1.165, 1.54) is 6.07 Å². The van der Waals surface area contributed by atoms with Gasteiger partial charge >= 0.3 is 0 Å². The van der Waals surface area contributed by atoms with E-state index in [1.807, 2.05) is 41.5 Å². The highest BCUT2D eigenvalue weighted by molar-refractivity contribution is 6.10. The number of benzene rings is 3. The average molecular weight is 482 g/mol. The Morgan fingerprint density at radius 3 is 2.47 bits per heavy atom. The number of aromatic amines is 1. The number of furan rings is 1. The van der Waals surface area contributed by atoms with Crippen LogP contribution in [0.1, 0.15) is 10.6 Å². The van der Waals surface area contributed by atoms with Crippen molar-refractivity contribution in [2.24, 2.45) is 0 Å². The zero-order valence-electron chi connectivity index (χ0n) is 19.2. The maximum absolute atomic E-state index is 13.0. The van der Waals surface area contributed by atoms with E-state index in [-0.39, 0.29) is 17.4 Å². The molecule has 9 nitrogen and oxygen atoms in total. The van der Waals surface area contributed by atoms with Gasteiger partial charge in [-0.25, -0.2) is 0 Å². The zero-order valence-corrected chi connectivity index (χ0v) is 19.2. The number of rotatable bonds is 5. The number of nitrogens with one attached hydrogen (secondary N) is 1. The first-order valence-corrected chi connectivity index (χ1v) is 11.6. The smallest absolute Gasteiger partial charge is 0.289 e. The van der Waals surface area contributed by atoms with E-state index in [0.29, 0.717) is 37.5 Å². The van der Waals surface area contributed by atoms with Gasteiger partial charge in [-0.3, -0.25) is 14.9 Å². The fourth-order valence-corrected chi connectivity index (χ4v) is 4.66. The Hall–Kier alpha value is -4.63. The summed E-state index contributed by atoms with van der Waals surface area (Å²) in [6.45, 7) is 1.98. The number of hydrogen-bond donors (Lipinski definition) is 1. The van der Waals surface area contributed by atoms with Crippen molar-refractivity contribution in [2.45, 2.75) is 0 Å². The van der Waals surface area contributed by atoms with E-state index < -0.39 is 4.92 Å². The third-order valence-corrected chi connectivity index (χ3v) is 6.43. The molecule has 2 aromatic heterocycles. The van der Waals surface area contributed by atoms with Crippen LogP contribution in [0, 0.1) is 10.1 Å². The van der Waals surface area contributed by atoms with Gasteiger partial charge in [-0.2, -0.15) is 0 Å². The van der Waals surface area contributed by atoms with E-state index in [9.17, 15) is 14.9 Å². The molecule has 0 radical (unpaired) electrons. The number of carbonyl (C=O) groups is 1. The summed E-state index contributed by atoms with van der Waals surface area (Å²) in [5, 5.41) is 15.3. The van der Waals surface area contributed by atoms with E-state index in [0.717, 1.165) is 27.6 Å². The molecule has 1 amide bonds. The van der Waals surface area contributed by atoms with E-state index in [4.69, 9.17) is 9.25 Å². The van der Waals surface area contributed by atoms with Crippen LogP contribution in [0.25, 0.3) is 33.1 Å². The summed E-state index contributed by atoms with van der Waals surface area (Å²) in [6, 6.07) is 23.5.